The van der Waals surface area contributed by atoms with Gasteiger partial charge in [0.25, 0.3) is 9.03 Å². The summed E-state index contributed by atoms with van der Waals surface area (Å²) in [4.78, 5) is 0. The molecule has 70 heavy (non-hydrogen) atoms. The van der Waals surface area contributed by atoms with Crippen molar-refractivity contribution in [1.82, 2.24) is 0 Å². The molecule has 0 spiro atoms. The van der Waals surface area contributed by atoms with Crippen molar-refractivity contribution in [2.24, 2.45) is 0 Å². The van der Waals surface area contributed by atoms with Gasteiger partial charge in [-0.25, -0.2) is 0 Å². The third-order valence-corrected chi connectivity index (χ3v) is 14.7. The van der Waals surface area contributed by atoms with E-state index in [0.717, 1.165) is 44.4 Å². The van der Waals surface area contributed by atoms with E-state index >= 15 is 0 Å². The summed E-state index contributed by atoms with van der Waals surface area (Å²) in [5, 5.41) is 4.44. The predicted octanol–water partition coefficient (Wildman–Crippen LogP) is 20.1. The molecule has 0 aliphatic carbocycles. The molecule has 0 bridgehead atoms. The molecule has 6 aromatic carbocycles. The maximum atomic E-state index is 7.12. The van der Waals surface area contributed by atoms with Crippen LogP contribution in [0.25, 0.3) is 32.7 Å². The maximum Gasteiger partial charge on any atom is 0.453 e. The Hall–Kier alpha value is -4.89. The van der Waals surface area contributed by atoms with Crippen molar-refractivity contribution in [1.29, 1.82) is 0 Å². The summed E-state index contributed by atoms with van der Waals surface area (Å²) in [6, 6.07) is 33.8. The molecule has 0 saturated carbocycles. The largest absolute Gasteiger partial charge is 0.453 e. The lowest BCUT2D eigenvalue weighted by Gasteiger charge is -2.29. The molecule has 7 aromatic rings. The van der Waals surface area contributed by atoms with Crippen molar-refractivity contribution in [3.05, 3.63) is 136 Å². The van der Waals surface area contributed by atoms with Crippen LogP contribution < -0.4 is 18.3 Å². The zero-order valence-electron chi connectivity index (χ0n) is 46.1. The van der Waals surface area contributed by atoms with Crippen molar-refractivity contribution in [2.75, 3.05) is 0 Å². The van der Waals surface area contributed by atoms with Crippen molar-refractivity contribution in [3.8, 4) is 28.7 Å². The van der Waals surface area contributed by atoms with E-state index in [1.54, 1.807) is 0 Å². The molecular formula is C62H80O6P2. The molecule has 374 valence electrons. The molecule has 0 fully saturated rings. The highest BCUT2D eigenvalue weighted by Gasteiger charge is 2.31. The Balaban J connectivity index is 1.29. The summed E-state index contributed by atoms with van der Waals surface area (Å²) >= 11 is 0. The Bertz CT molecular complexity index is 3010. The van der Waals surface area contributed by atoms with Crippen LogP contribution in [0.5, 0.6) is 28.7 Å². The molecule has 0 aliphatic rings. The summed E-state index contributed by atoms with van der Waals surface area (Å²) < 4.78 is 41.1. The zero-order chi connectivity index (χ0) is 51.7. The molecule has 0 saturated heterocycles. The van der Waals surface area contributed by atoms with Crippen LogP contribution >= 0.6 is 17.3 Å². The minimum Gasteiger partial charge on any atom is -0.450 e. The lowest BCUT2D eigenvalue weighted by molar-refractivity contribution is 0.418. The Kier molecular flexibility index (Phi) is 14.1. The van der Waals surface area contributed by atoms with Crippen LogP contribution in [0.4, 0.5) is 0 Å². The number of benzene rings is 6. The molecule has 0 aliphatic heterocycles. The number of hydrogen-bond acceptors (Lipinski definition) is 6. The summed E-state index contributed by atoms with van der Waals surface area (Å²) in [7, 11) is -2.40. The Morgan fingerprint density at radius 3 is 1.19 bits per heavy atom. The molecule has 1 atom stereocenters. The first-order chi connectivity index (χ1) is 32.1. The van der Waals surface area contributed by atoms with Gasteiger partial charge in [-0.2, -0.15) is 0 Å². The Morgan fingerprint density at radius 1 is 0.357 bits per heavy atom. The van der Waals surface area contributed by atoms with E-state index < -0.39 is 8.24 Å². The van der Waals surface area contributed by atoms with Crippen LogP contribution in [0.15, 0.2) is 105 Å². The first kappa shape index (κ1) is 52.9. The van der Waals surface area contributed by atoms with Crippen LogP contribution in [0.3, 0.4) is 0 Å². The average Bonchev–Trinajstić information content (AvgIpc) is 3.37. The molecule has 6 nitrogen and oxygen atoms in total. The standard InChI is InChI=1S/C62H80O6P2/c1-56(2,3)39-30-38-31-46(60(13,14)15)53(37-42(38)45(34-39)59(10,11)12)65-69-64-51-28-24-22-26-49(51)63-50-27-23-25-29-52(50)66-70-67-54-43(32-40(57(4,5)6)35-47(54)61(16,17)18)44-33-41(58(7,8)9)36-48(55(44)68-70)62(19,20)21/h22-37,69H,1-21H3. The minimum atomic E-state index is -2.06. The SMILES string of the molecule is CC(C)(C)c1cc(C(C)(C)C)c2cc(OPOc3ccccc3Oc3ccccc3Op3oc4c(C(C)(C)C)cc(C(C)(C)C)cc4c4cc(C(C)(C)C)cc(C(C)(C)C)c4o3)c(C(C)(C)C)cc2c1. The summed E-state index contributed by atoms with van der Waals surface area (Å²) in [6.07, 6.45) is 0. The number of fused-ring (bicyclic) bond motifs is 4. The molecule has 0 radical (unpaired) electrons. The molecule has 1 unspecified atom stereocenters. The van der Waals surface area contributed by atoms with Crippen LogP contribution in [-0.2, 0) is 37.9 Å². The van der Waals surface area contributed by atoms with Crippen LogP contribution in [0, 0.1) is 0 Å². The molecule has 8 heteroatoms. The van der Waals surface area contributed by atoms with Gasteiger partial charge in [0.2, 0.25) is 0 Å². The van der Waals surface area contributed by atoms with Gasteiger partial charge in [-0.05, 0) is 119 Å². The number of para-hydroxylation sites is 4. The highest BCUT2D eigenvalue weighted by molar-refractivity contribution is 7.32. The molecule has 0 N–H and O–H groups in total. The fourth-order valence-electron chi connectivity index (χ4n) is 8.69. The van der Waals surface area contributed by atoms with Gasteiger partial charge in [0.1, 0.15) is 16.9 Å². The van der Waals surface area contributed by atoms with E-state index in [4.69, 9.17) is 26.7 Å². The highest BCUT2D eigenvalue weighted by Crippen LogP contribution is 2.49. The lowest BCUT2D eigenvalue weighted by atomic mass is 9.76. The van der Waals surface area contributed by atoms with Crippen molar-refractivity contribution >= 4 is 50.0 Å². The van der Waals surface area contributed by atoms with E-state index in [2.05, 4.69) is 194 Å². The van der Waals surface area contributed by atoms with E-state index in [1.165, 1.54) is 33.0 Å². The van der Waals surface area contributed by atoms with Crippen molar-refractivity contribution < 1.29 is 26.7 Å². The Morgan fingerprint density at radius 2 is 0.743 bits per heavy atom. The van der Waals surface area contributed by atoms with Gasteiger partial charge in [0.05, 0.1) is 0 Å². The van der Waals surface area contributed by atoms with Crippen LogP contribution in [0.2, 0.25) is 0 Å². The van der Waals surface area contributed by atoms with Crippen LogP contribution in [0.1, 0.15) is 184 Å². The second-order valence-corrected chi connectivity index (χ2v) is 28.0. The van der Waals surface area contributed by atoms with Crippen molar-refractivity contribution in [2.45, 2.75) is 183 Å². The van der Waals surface area contributed by atoms with E-state index in [1.807, 2.05) is 48.5 Å². The molecule has 1 heterocycles. The first-order valence-corrected chi connectivity index (χ1v) is 26.8. The molecule has 0 amide bonds. The zero-order valence-corrected chi connectivity index (χ0v) is 48.0. The summed E-state index contributed by atoms with van der Waals surface area (Å²) in [5.41, 5.74) is 9.00. The minimum absolute atomic E-state index is 0.0125. The molecular weight excluding hydrogens is 903 g/mol. The normalized spacial score (nSPS) is 13.4. The van der Waals surface area contributed by atoms with Gasteiger partial charge in [-0.15, -0.1) is 0 Å². The number of rotatable bonds is 8. The maximum absolute atomic E-state index is 7.12. The van der Waals surface area contributed by atoms with E-state index in [-0.39, 0.29) is 46.9 Å². The average molecular weight is 983 g/mol. The van der Waals surface area contributed by atoms with E-state index in [9.17, 15) is 0 Å². The van der Waals surface area contributed by atoms with Gasteiger partial charge >= 0.3 is 8.24 Å². The van der Waals surface area contributed by atoms with Gasteiger partial charge in [-0.1, -0.05) is 194 Å². The fourth-order valence-corrected chi connectivity index (χ4v) is 10.4. The molecule has 7 rings (SSSR count). The number of ether oxygens (including phenoxy) is 1. The Labute approximate surface area is 422 Å². The fraction of sp³-hybridized carbons (Fsp3) is 0.452. The highest BCUT2D eigenvalue weighted by atomic mass is 31.1. The van der Waals surface area contributed by atoms with Gasteiger partial charge in [-0.3, -0.25) is 0 Å². The number of hydrogen-bond donors (Lipinski definition) is 0. The van der Waals surface area contributed by atoms with Gasteiger partial charge in [0.15, 0.2) is 23.0 Å². The summed E-state index contributed by atoms with van der Waals surface area (Å²) in [6.45, 7) is 47.4. The topological polar surface area (TPSA) is 63.2 Å². The smallest absolute Gasteiger partial charge is 0.450 e. The van der Waals surface area contributed by atoms with Gasteiger partial charge < -0.3 is 26.7 Å². The van der Waals surface area contributed by atoms with E-state index in [0.29, 0.717) is 23.0 Å². The first-order valence-electron chi connectivity index (χ1n) is 24.9. The quantitative estimate of drug-likeness (QED) is 0.141. The van der Waals surface area contributed by atoms with Crippen molar-refractivity contribution in [3.63, 3.8) is 0 Å². The summed E-state index contributed by atoms with van der Waals surface area (Å²) in [5.74, 6) is 2.86. The predicted molar refractivity (Wildman–Crippen MR) is 300 cm³/mol. The molecule has 1 aromatic heterocycles. The van der Waals surface area contributed by atoms with Gasteiger partial charge in [0, 0.05) is 27.5 Å². The second-order valence-electron chi connectivity index (χ2n) is 26.4. The third-order valence-electron chi connectivity index (χ3n) is 13.1. The monoisotopic (exact) mass is 983 g/mol. The third kappa shape index (κ3) is 11.6. The lowest BCUT2D eigenvalue weighted by Crippen LogP contribution is -2.17. The second kappa shape index (κ2) is 18.6. The van der Waals surface area contributed by atoms with Crippen LogP contribution in [-0.4, -0.2) is 0 Å².